The Labute approximate surface area is 145 Å². The molecule has 1 N–H and O–H groups in total. The summed E-state index contributed by atoms with van der Waals surface area (Å²) in [6, 6.07) is 6.29. The number of halogens is 2. The van der Waals surface area contributed by atoms with E-state index >= 15 is 0 Å². The quantitative estimate of drug-likeness (QED) is 0.767. The lowest BCUT2D eigenvalue weighted by Crippen LogP contribution is -2.33. The molecule has 1 aromatic carbocycles. The van der Waals surface area contributed by atoms with Gasteiger partial charge in [-0.2, -0.15) is 0 Å². The van der Waals surface area contributed by atoms with Gasteiger partial charge in [-0.25, -0.2) is 9.66 Å². The van der Waals surface area contributed by atoms with Crippen LogP contribution in [0.1, 0.15) is 22.2 Å². The van der Waals surface area contributed by atoms with Crippen LogP contribution in [0.3, 0.4) is 0 Å². The van der Waals surface area contributed by atoms with Crippen molar-refractivity contribution in [2.45, 2.75) is 13.3 Å². The molecule has 1 amide bonds. The molecule has 118 valence electrons. The highest BCUT2D eigenvalue weighted by atomic mass is 35.5. The maximum atomic E-state index is 12.4. The van der Waals surface area contributed by atoms with E-state index in [4.69, 9.17) is 23.2 Å². The Hall–Kier alpha value is -1.89. The van der Waals surface area contributed by atoms with Crippen molar-refractivity contribution < 1.29 is 4.79 Å². The number of hydrogen-bond donors (Lipinski definition) is 1. The molecule has 0 fully saturated rings. The molecule has 3 aromatic rings. The van der Waals surface area contributed by atoms with Crippen molar-refractivity contribution in [2.75, 3.05) is 5.43 Å². The fourth-order valence-corrected chi connectivity index (χ4v) is 3.26. The molecular weight excluding hydrogens is 357 g/mol. The molecule has 2 aromatic heterocycles. The van der Waals surface area contributed by atoms with E-state index in [1.54, 1.807) is 6.07 Å². The molecule has 0 saturated heterocycles. The summed E-state index contributed by atoms with van der Waals surface area (Å²) in [6.07, 6.45) is 2.13. The lowest BCUT2D eigenvalue weighted by Gasteiger charge is -2.08. The van der Waals surface area contributed by atoms with Crippen molar-refractivity contribution >= 4 is 50.7 Å². The Kier molecular flexibility index (Phi) is 4.39. The molecule has 2 heterocycles. The number of carbonyl (C=O) groups excluding carboxylic acids is 1. The number of rotatable bonds is 3. The van der Waals surface area contributed by atoms with Crippen LogP contribution in [0.2, 0.25) is 10.0 Å². The number of amides is 1. The standard InChI is InChI=1S/C15H11Cl2N3O2S/c1-2-9-6-10-14(23-9)18-7-20(15(10)22)19-13(21)8-3-4-11(16)12(17)5-8/h3-7H,2H2,1H3,(H,19,21). The van der Waals surface area contributed by atoms with Crippen molar-refractivity contribution in [3.05, 3.63) is 61.4 Å². The molecular formula is C15H11Cl2N3O2S. The average molecular weight is 368 g/mol. The number of fused-ring (bicyclic) bond motifs is 1. The van der Waals surface area contributed by atoms with Gasteiger partial charge in [-0.1, -0.05) is 30.1 Å². The van der Waals surface area contributed by atoms with Crippen LogP contribution in [0.4, 0.5) is 0 Å². The minimum atomic E-state index is -0.474. The average Bonchev–Trinajstić information content (AvgIpc) is 2.97. The number of hydrogen-bond acceptors (Lipinski definition) is 4. The molecule has 0 radical (unpaired) electrons. The smallest absolute Gasteiger partial charge is 0.267 e. The van der Waals surface area contributed by atoms with Gasteiger partial charge < -0.3 is 0 Å². The van der Waals surface area contributed by atoms with Crippen LogP contribution >= 0.6 is 34.5 Å². The number of nitrogens with zero attached hydrogens (tertiary/aromatic N) is 2. The van der Waals surface area contributed by atoms with Gasteiger partial charge in [0.05, 0.1) is 15.4 Å². The number of thiophene rings is 1. The van der Waals surface area contributed by atoms with Crippen LogP contribution in [-0.4, -0.2) is 15.6 Å². The van der Waals surface area contributed by atoms with E-state index in [1.165, 1.54) is 35.9 Å². The van der Waals surface area contributed by atoms with E-state index in [9.17, 15) is 9.59 Å². The molecule has 0 aliphatic carbocycles. The summed E-state index contributed by atoms with van der Waals surface area (Å²) in [5.74, 6) is -0.474. The normalized spacial score (nSPS) is 10.9. The molecule has 23 heavy (non-hydrogen) atoms. The van der Waals surface area contributed by atoms with Crippen LogP contribution in [0.15, 0.2) is 35.4 Å². The first-order valence-corrected chi connectivity index (χ1v) is 8.33. The highest BCUT2D eigenvalue weighted by Crippen LogP contribution is 2.23. The molecule has 0 aliphatic rings. The molecule has 8 heteroatoms. The van der Waals surface area contributed by atoms with Gasteiger partial charge in [-0.15, -0.1) is 11.3 Å². The Bertz CT molecular complexity index is 965. The third-order valence-corrected chi connectivity index (χ3v) is 5.18. The van der Waals surface area contributed by atoms with Crippen LogP contribution in [0, 0.1) is 0 Å². The number of benzene rings is 1. The molecule has 5 nitrogen and oxygen atoms in total. The van der Waals surface area contributed by atoms with Crippen LogP contribution in [-0.2, 0) is 6.42 Å². The summed E-state index contributed by atoms with van der Waals surface area (Å²) in [7, 11) is 0. The van der Waals surface area contributed by atoms with Crippen LogP contribution < -0.4 is 11.0 Å². The summed E-state index contributed by atoms with van der Waals surface area (Å²) in [5, 5.41) is 1.11. The largest absolute Gasteiger partial charge is 0.280 e. The van der Waals surface area contributed by atoms with Gasteiger partial charge in [0.1, 0.15) is 11.2 Å². The summed E-state index contributed by atoms with van der Waals surface area (Å²) in [6.45, 7) is 2.01. The topological polar surface area (TPSA) is 64.0 Å². The van der Waals surface area contributed by atoms with Gasteiger partial charge in [-0.3, -0.25) is 15.0 Å². The van der Waals surface area contributed by atoms with Gasteiger partial charge in [-0.05, 0) is 30.7 Å². The minimum Gasteiger partial charge on any atom is -0.267 e. The van der Waals surface area contributed by atoms with Gasteiger partial charge >= 0.3 is 0 Å². The Morgan fingerprint density at radius 1 is 1.30 bits per heavy atom. The van der Waals surface area contributed by atoms with Crippen molar-refractivity contribution in [3.8, 4) is 0 Å². The number of aryl methyl sites for hydroxylation is 1. The zero-order valence-electron chi connectivity index (χ0n) is 12.0. The van der Waals surface area contributed by atoms with Crippen molar-refractivity contribution in [1.29, 1.82) is 0 Å². The zero-order chi connectivity index (χ0) is 16.6. The third kappa shape index (κ3) is 3.10. The first kappa shape index (κ1) is 16.0. The van der Waals surface area contributed by atoms with E-state index in [0.717, 1.165) is 16.0 Å². The van der Waals surface area contributed by atoms with E-state index in [1.807, 2.05) is 6.92 Å². The molecule has 0 unspecified atom stereocenters. The maximum absolute atomic E-state index is 12.4. The lowest BCUT2D eigenvalue weighted by molar-refractivity contribution is 0.101. The second kappa shape index (κ2) is 6.31. The summed E-state index contributed by atoms with van der Waals surface area (Å²) in [5.41, 5.74) is 2.48. The Morgan fingerprint density at radius 3 is 2.78 bits per heavy atom. The van der Waals surface area contributed by atoms with E-state index in [-0.39, 0.29) is 10.6 Å². The highest BCUT2D eigenvalue weighted by molar-refractivity contribution is 7.18. The first-order valence-electron chi connectivity index (χ1n) is 6.76. The van der Waals surface area contributed by atoms with Crippen LogP contribution in [0.5, 0.6) is 0 Å². The van der Waals surface area contributed by atoms with Crippen molar-refractivity contribution in [1.82, 2.24) is 9.66 Å². The van der Waals surface area contributed by atoms with Gasteiger partial charge in [0.2, 0.25) is 0 Å². The third-order valence-electron chi connectivity index (χ3n) is 3.26. The maximum Gasteiger partial charge on any atom is 0.280 e. The summed E-state index contributed by atoms with van der Waals surface area (Å²) >= 11 is 13.2. The monoisotopic (exact) mass is 367 g/mol. The van der Waals surface area contributed by atoms with E-state index in [0.29, 0.717) is 20.8 Å². The summed E-state index contributed by atoms with van der Waals surface area (Å²) < 4.78 is 1.07. The number of carbonyl (C=O) groups is 1. The van der Waals surface area contributed by atoms with Crippen molar-refractivity contribution in [3.63, 3.8) is 0 Å². The molecule has 0 saturated carbocycles. The Morgan fingerprint density at radius 2 is 2.09 bits per heavy atom. The first-order chi connectivity index (χ1) is 11.0. The predicted octanol–water partition coefficient (Wildman–Crippen LogP) is 3.71. The molecule has 0 atom stereocenters. The molecule has 0 bridgehead atoms. The fourth-order valence-electron chi connectivity index (χ4n) is 2.04. The highest BCUT2D eigenvalue weighted by Gasteiger charge is 2.12. The van der Waals surface area contributed by atoms with Gasteiger partial charge in [0.15, 0.2) is 0 Å². The van der Waals surface area contributed by atoms with Crippen molar-refractivity contribution in [2.24, 2.45) is 0 Å². The summed E-state index contributed by atoms with van der Waals surface area (Å²) in [4.78, 5) is 30.6. The van der Waals surface area contributed by atoms with E-state index in [2.05, 4.69) is 10.4 Å². The van der Waals surface area contributed by atoms with Gasteiger partial charge in [0.25, 0.3) is 11.5 Å². The number of nitrogens with one attached hydrogen (secondary N) is 1. The minimum absolute atomic E-state index is 0.269. The Balaban J connectivity index is 1.94. The second-order valence-corrected chi connectivity index (χ2v) is 6.70. The zero-order valence-corrected chi connectivity index (χ0v) is 14.3. The molecule has 3 rings (SSSR count). The lowest BCUT2D eigenvalue weighted by atomic mass is 10.2. The number of aromatic nitrogens is 2. The molecule has 0 aliphatic heterocycles. The SMILES string of the molecule is CCc1cc2c(=O)n(NC(=O)c3ccc(Cl)c(Cl)c3)cnc2s1. The second-order valence-electron chi connectivity index (χ2n) is 4.77. The van der Waals surface area contributed by atoms with Crippen LogP contribution in [0.25, 0.3) is 10.2 Å². The predicted molar refractivity (Wildman–Crippen MR) is 93.4 cm³/mol. The van der Waals surface area contributed by atoms with E-state index < -0.39 is 5.91 Å². The van der Waals surface area contributed by atoms with Gasteiger partial charge in [0, 0.05) is 10.4 Å². The fraction of sp³-hybridized carbons (Fsp3) is 0.133. The molecule has 0 spiro atoms.